The Balaban J connectivity index is 2.07. The molecule has 0 aliphatic carbocycles. The molecule has 0 radical (unpaired) electrons. The Morgan fingerprint density at radius 3 is 2.95 bits per heavy atom. The lowest BCUT2D eigenvalue weighted by Crippen LogP contribution is -2.38. The van der Waals surface area contributed by atoms with E-state index in [0.29, 0.717) is 12.1 Å². The van der Waals surface area contributed by atoms with Crippen LogP contribution in [0.2, 0.25) is 0 Å². The standard InChI is InChI=1S/C13H16N2O3S2/c1-20(17,18)11-6-2-5-10-12(11)14-13(19-10)15-7-3-4-9(16)8-15/h2,5-6,9,16H,3-4,7-8H2,1H3. The van der Waals surface area contributed by atoms with Crippen molar-refractivity contribution in [2.45, 2.75) is 23.8 Å². The molecule has 0 bridgehead atoms. The summed E-state index contributed by atoms with van der Waals surface area (Å²) < 4.78 is 24.5. The van der Waals surface area contributed by atoms with Crippen LogP contribution in [0.5, 0.6) is 0 Å². The summed E-state index contributed by atoms with van der Waals surface area (Å²) >= 11 is 1.48. The van der Waals surface area contributed by atoms with Crippen LogP contribution >= 0.6 is 11.3 Å². The number of benzene rings is 1. The molecule has 1 saturated heterocycles. The minimum Gasteiger partial charge on any atom is -0.391 e. The molecule has 1 aliphatic heterocycles. The fourth-order valence-corrected chi connectivity index (χ4v) is 4.40. The molecule has 0 amide bonds. The van der Waals surface area contributed by atoms with Crippen LogP contribution in [-0.2, 0) is 9.84 Å². The normalized spacial score (nSPS) is 20.5. The van der Waals surface area contributed by atoms with Crippen LogP contribution in [0, 0.1) is 0 Å². The molecule has 1 aliphatic rings. The second kappa shape index (κ2) is 4.98. The van der Waals surface area contributed by atoms with Crippen molar-refractivity contribution in [2.75, 3.05) is 24.2 Å². The van der Waals surface area contributed by atoms with Gasteiger partial charge in [-0.2, -0.15) is 0 Å². The third kappa shape index (κ3) is 2.53. The highest BCUT2D eigenvalue weighted by atomic mass is 32.2. The summed E-state index contributed by atoms with van der Waals surface area (Å²) in [6, 6.07) is 5.21. The van der Waals surface area contributed by atoms with Gasteiger partial charge >= 0.3 is 0 Å². The highest BCUT2D eigenvalue weighted by Crippen LogP contribution is 2.33. The lowest BCUT2D eigenvalue weighted by atomic mass is 10.1. The summed E-state index contributed by atoms with van der Waals surface area (Å²) in [5.41, 5.74) is 0.537. The number of hydrogen-bond acceptors (Lipinski definition) is 6. The smallest absolute Gasteiger partial charge is 0.186 e. The molecule has 1 unspecified atom stereocenters. The minimum absolute atomic E-state index is 0.273. The first-order valence-electron chi connectivity index (χ1n) is 6.48. The van der Waals surface area contributed by atoms with Crippen LogP contribution in [0.15, 0.2) is 23.1 Å². The molecule has 0 saturated carbocycles. The predicted molar refractivity (Wildman–Crippen MR) is 80.2 cm³/mol. The summed E-state index contributed by atoms with van der Waals surface area (Å²) in [5.74, 6) is 0. The molecule has 1 fully saturated rings. The van der Waals surface area contributed by atoms with E-state index in [0.717, 1.165) is 29.2 Å². The number of rotatable bonds is 2. The van der Waals surface area contributed by atoms with Crippen LogP contribution in [0.1, 0.15) is 12.8 Å². The number of fused-ring (bicyclic) bond motifs is 1. The third-order valence-electron chi connectivity index (χ3n) is 3.44. The van der Waals surface area contributed by atoms with E-state index in [1.165, 1.54) is 17.6 Å². The predicted octanol–water partition coefficient (Wildman–Crippen LogP) is 1.66. The number of thiazole rings is 1. The van der Waals surface area contributed by atoms with Crippen molar-refractivity contribution in [1.82, 2.24) is 4.98 Å². The van der Waals surface area contributed by atoms with Crippen molar-refractivity contribution < 1.29 is 13.5 Å². The highest BCUT2D eigenvalue weighted by Gasteiger charge is 2.22. The molecule has 1 N–H and O–H groups in total. The number of aliphatic hydroxyl groups is 1. The molecule has 3 rings (SSSR count). The first-order valence-corrected chi connectivity index (χ1v) is 9.18. The molecule has 1 atom stereocenters. The van der Waals surface area contributed by atoms with Crippen molar-refractivity contribution >= 4 is 36.5 Å². The third-order valence-corrected chi connectivity index (χ3v) is 5.65. The zero-order valence-electron chi connectivity index (χ0n) is 11.1. The van der Waals surface area contributed by atoms with Gasteiger partial charge in [-0.05, 0) is 25.0 Å². The van der Waals surface area contributed by atoms with E-state index >= 15 is 0 Å². The van der Waals surface area contributed by atoms with Gasteiger partial charge in [0.2, 0.25) is 0 Å². The average molecular weight is 312 g/mol. The van der Waals surface area contributed by atoms with Crippen molar-refractivity contribution in [2.24, 2.45) is 0 Å². The van der Waals surface area contributed by atoms with Crippen LogP contribution < -0.4 is 4.90 Å². The number of anilines is 1. The Morgan fingerprint density at radius 1 is 1.45 bits per heavy atom. The Kier molecular flexibility index (Phi) is 3.43. The fourth-order valence-electron chi connectivity index (χ4n) is 2.47. The number of nitrogens with zero attached hydrogens (tertiary/aromatic N) is 2. The highest BCUT2D eigenvalue weighted by molar-refractivity contribution is 7.91. The van der Waals surface area contributed by atoms with Crippen LogP contribution in [0.4, 0.5) is 5.13 Å². The van der Waals surface area contributed by atoms with Crippen molar-refractivity contribution in [1.29, 1.82) is 0 Å². The van der Waals surface area contributed by atoms with E-state index < -0.39 is 9.84 Å². The van der Waals surface area contributed by atoms with Crippen LogP contribution in [0.25, 0.3) is 10.2 Å². The number of para-hydroxylation sites is 1. The van der Waals surface area contributed by atoms with E-state index in [-0.39, 0.29) is 11.0 Å². The monoisotopic (exact) mass is 312 g/mol. The lowest BCUT2D eigenvalue weighted by molar-refractivity contribution is 0.154. The van der Waals surface area contributed by atoms with Gasteiger partial charge in [0.15, 0.2) is 15.0 Å². The molecule has 1 aromatic carbocycles. The van der Waals surface area contributed by atoms with Gasteiger partial charge in [-0.1, -0.05) is 17.4 Å². The summed E-state index contributed by atoms with van der Waals surface area (Å²) in [4.78, 5) is 6.80. The SMILES string of the molecule is CS(=O)(=O)c1cccc2sc(N3CCCC(O)C3)nc12. The summed E-state index contributed by atoms with van der Waals surface area (Å²) in [6.45, 7) is 1.42. The molecule has 2 heterocycles. The summed E-state index contributed by atoms with van der Waals surface area (Å²) in [7, 11) is -3.28. The van der Waals surface area contributed by atoms with Gasteiger partial charge in [0.1, 0.15) is 5.52 Å². The zero-order chi connectivity index (χ0) is 14.3. The maximum atomic E-state index is 11.8. The minimum atomic E-state index is -3.28. The van der Waals surface area contributed by atoms with Gasteiger partial charge in [0.25, 0.3) is 0 Å². The van der Waals surface area contributed by atoms with Crippen molar-refractivity contribution in [3.8, 4) is 0 Å². The Morgan fingerprint density at radius 2 is 2.25 bits per heavy atom. The van der Waals surface area contributed by atoms with E-state index in [2.05, 4.69) is 4.98 Å². The molecular weight excluding hydrogens is 296 g/mol. The number of aliphatic hydroxyl groups excluding tert-OH is 1. The van der Waals surface area contributed by atoms with Crippen LogP contribution in [0.3, 0.4) is 0 Å². The Bertz CT molecular complexity index is 739. The van der Waals surface area contributed by atoms with Gasteiger partial charge < -0.3 is 10.0 Å². The number of sulfone groups is 1. The molecule has 2 aromatic rings. The average Bonchev–Trinajstić information content (AvgIpc) is 2.81. The topological polar surface area (TPSA) is 70.5 Å². The zero-order valence-corrected chi connectivity index (χ0v) is 12.7. The summed E-state index contributed by atoms with van der Waals surface area (Å²) in [6.07, 6.45) is 2.61. The summed E-state index contributed by atoms with van der Waals surface area (Å²) in [5, 5.41) is 10.5. The van der Waals surface area contributed by atoms with Gasteiger partial charge in [-0.15, -0.1) is 0 Å². The lowest BCUT2D eigenvalue weighted by Gasteiger charge is -2.29. The number of aromatic nitrogens is 1. The molecule has 5 nitrogen and oxygen atoms in total. The Labute approximate surface area is 121 Å². The van der Waals surface area contributed by atoms with E-state index in [1.54, 1.807) is 12.1 Å². The number of β-amino-alcohol motifs (C(OH)–C–C–N with tert-alkyl or cyclic N) is 1. The Hall–Kier alpha value is -1.18. The van der Waals surface area contributed by atoms with Gasteiger partial charge in [0, 0.05) is 19.3 Å². The first-order chi connectivity index (χ1) is 9.45. The fraction of sp³-hybridized carbons (Fsp3) is 0.462. The number of hydrogen-bond donors (Lipinski definition) is 1. The molecule has 1 aromatic heterocycles. The second-order valence-electron chi connectivity index (χ2n) is 5.11. The van der Waals surface area contributed by atoms with E-state index in [1.807, 2.05) is 11.0 Å². The molecule has 108 valence electrons. The quantitative estimate of drug-likeness (QED) is 0.913. The van der Waals surface area contributed by atoms with Gasteiger partial charge in [0.05, 0.1) is 15.7 Å². The first kappa shape index (κ1) is 13.8. The molecule has 20 heavy (non-hydrogen) atoms. The molecule has 0 spiro atoms. The molecular formula is C13H16N2O3S2. The van der Waals surface area contributed by atoms with E-state index in [9.17, 15) is 13.5 Å². The largest absolute Gasteiger partial charge is 0.391 e. The van der Waals surface area contributed by atoms with Crippen LogP contribution in [-0.4, -0.2) is 44.0 Å². The van der Waals surface area contributed by atoms with Crippen molar-refractivity contribution in [3.63, 3.8) is 0 Å². The maximum absolute atomic E-state index is 11.8. The number of piperidine rings is 1. The second-order valence-corrected chi connectivity index (χ2v) is 8.11. The van der Waals surface area contributed by atoms with Gasteiger partial charge in [-0.3, -0.25) is 0 Å². The van der Waals surface area contributed by atoms with E-state index in [4.69, 9.17) is 0 Å². The maximum Gasteiger partial charge on any atom is 0.186 e. The van der Waals surface area contributed by atoms with Gasteiger partial charge in [-0.25, -0.2) is 13.4 Å². The van der Waals surface area contributed by atoms with Crippen molar-refractivity contribution in [3.05, 3.63) is 18.2 Å². The molecule has 7 heteroatoms.